The van der Waals surface area contributed by atoms with E-state index in [1.807, 2.05) is 6.92 Å². The molecule has 0 aliphatic heterocycles. The summed E-state index contributed by atoms with van der Waals surface area (Å²) in [5, 5.41) is 9.95. The Morgan fingerprint density at radius 2 is 2.14 bits per heavy atom. The molecule has 1 saturated carbocycles. The minimum Gasteiger partial charge on any atom is -0.389 e. The number of hydrogen-bond acceptors (Lipinski definition) is 2. The molecule has 0 spiro atoms. The van der Waals surface area contributed by atoms with Gasteiger partial charge < -0.3 is 5.11 Å². The van der Waals surface area contributed by atoms with Crippen LogP contribution in [0.2, 0.25) is 0 Å². The molecule has 0 aromatic rings. The topological polar surface area (TPSA) is 37.3 Å². The normalized spacial score (nSPS) is 38.5. The van der Waals surface area contributed by atoms with Crippen LogP contribution in [0.5, 0.6) is 0 Å². The van der Waals surface area contributed by atoms with Crippen molar-refractivity contribution in [3.8, 4) is 0 Å². The number of carbonyl (C=O) groups excluding carboxylic acids is 1. The predicted octanol–water partition coefficient (Wildman–Crippen LogP) is 2.22. The maximum absolute atomic E-state index is 11.6. The van der Waals surface area contributed by atoms with E-state index in [0.29, 0.717) is 6.42 Å². The van der Waals surface area contributed by atoms with E-state index in [4.69, 9.17) is 0 Å². The third-order valence-corrected chi connectivity index (χ3v) is 3.92. The van der Waals surface area contributed by atoms with Gasteiger partial charge in [-0.3, -0.25) is 4.79 Å². The zero-order valence-electron chi connectivity index (χ0n) is 8.97. The fourth-order valence-corrected chi connectivity index (χ4v) is 3.06. The van der Waals surface area contributed by atoms with Crippen LogP contribution in [0.25, 0.3) is 0 Å². The molecular formula is C12H18O2. The summed E-state index contributed by atoms with van der Waals surface area (Å²) in [5.41, 5.74) is 1.99. The lowest BCUT2D eigenvalue weighted by Crippen LogP contribution is -2.37. The summed E-state index contributed by atoms with van der Waals surface area (Å²) < 4.78 is 0. The summed E-state index contributed by atoms with van der Waals surface area (Å²) in [7, 11) is 0. The molecule has 0 heterocycles. The third-order valence-electron chi connectivity index (χ3n) is 3.92. The Kier molecular flexibility index (Phi) is 2.26. The van der Waals surface area contributed by atoms with Crippen molar-refractivity contribution in [1.29, 1.82) is 0 Å². The molecule has 14 heavy (non-hydrogen) atoms. The molecule has 0 unspecified atom stereocenters. The lowest BCUT2D eigenvalue weighted by atomic mass is 9.63. The Balaban J connectivity index is 2.47. The fraction of sp³-hybridized carbons (Fsp3) is 0.750. The first-order chi connectivity index (χ1) is 6.54. The lowest BCUT2D eigenvalue weighted by molar-refractivity contribution is -0.117. The zero-order chi connectivity index (χ0) is 10.3. The fourth-order valence-electron chi connectivity index (χ4n) is 3.06. The summed E-state index contributed by atoms with van der Waals surface area (Å²) >= 11 is 0. The Bertz CT molecular complexity index is 303. The number of aliphatic hydroxyl groups excluding tert-OH is 1. The first kappa shape index (κ1) is 9.91. The molecule has 78 valence electrons. The summed E-state index contributed by atoms with van der Waals surface area (Å²) in [6.07, 6.45) is 4.27. The van der Waals surface area contributed by atoms with Gasteiger partial charge in [-0.1, -0.05) is 6.92 Å². The molecule has 2 atom stereocenters. The van der Waals surface area contributed by atoms with Gasteiger partial charge in [0.2, 0.25) is 0 Å². The van der Waals surface area contributed by atoms with Crippen molar-refractivity contribution in [2.24, 2.45) is 5.41 Å². The zero-order valence-corrected chi connectivity index (χ0v) is 8.97. The molecule has 0 amide bonds. The van der Waals surface area contributed by atoms with E-state index in [2.05, 4.69) is 6.92 Å². The number of hydrogen-bond donors (Lipinski definition) is 1. The second-order valence-electron chi connectivity index (χ2n) is 4.93. The maximum Gasteiger partial charge on any atom is 0.158 e. The molecule has 0 saturated heterocycles. The molecule has 0 radical (unpaired) electrons. The predicted molar refractivity (Wildman–Crippen MR) is 54.9 cm³/mol. The Morgan fingerprint density at radius 3 is 2.86 bits per heavy atom. The number of rotatable bonds is 0. The van der Waals surface area contributed by atoms with E-state index in [9.17, 15) is 9.90 Å². The van der Waals surface area contributed by atoms with Crippen LogP contribution in [0.15, 0.2) is 11.1 Å². The van der Waals surface area contributed by atoms with Gasteiger partial charge in [-0.2, -0.15) is 0 Å². The summed E-state index contributed by atoms with van der Waals surface area (Å²) in [5.74, 6) is 0.235. The Morgan fingerprint density at radius 1 is 1.43 bits per heavy atom. The standard InChI is InChI=1S/C12H18O2/c1-8-9(13)5-7-12(2)6-3-4-10(14)11(8)12/h10,14H,3-7H2,1-2H3/t10-,12-/m0/s1. The Labute approximate surface area is 85.0 Å². The average molecular weight is 194 g/mol. The summed E-state index contributed by atoms with van der Waals surface area (Å²) in [4.78, 5) is 11.6. The largest absolute Gasteiger partial charge is 0.389 e. The second-order valence-corrected chi connectivity index (χ2v) is 4.93. The highest BCUT2D eigenvalue weighted by Crippen LogP contribution is 2.48. The van der Waals surface area contributed by atoms with Crippen molar-refractivity contribution in [3.63, 3.8) is 0 Å². The van der Waals surface area contributed by atoms with Gasteiger partial charge >= 0.3 is 0 Å². The highest BCUT2D eigenvalue weighted by Gasteiger charge is 2.41. The smallest absolute Gasteiger partial charge is 0.158 e. The van der Waals surface area contributed by atoms with Gasteiger partial charge in [0.25, 0.3) is 0 Å². The monoisotopic (exact) mass is 194 g/mol. The number of allylic oxidation sites excluding steroid dienone is 1. The SMILES string of the molecule is CC1=C2[C@@H](O)CCC[C@@]2(C)CCC1=O. The molecule has 0 aromatic heterocycles. The van der Waals surface area contributed by atoms with Crippen LogP contribution in [0.4, 0.5) is 0 Å². The van der Waals surface area contributed by atoms with Gasteiger partial charge in [0.05, 0.1) is 6.10 Å². The van der Waals surface area contributed by atoms with E-state index < -0.39 is 0 Å². The third kappa shape index (κ3) is 1.33. The quantitative estimate of drug-likeness (QED) is 0.642. The maximum atomic E-state index is 11.6. The number of carbonyl (C=O) groups is 1. The Hall–Kier alpha value is -0.630. The molecule has 0 bridgehead atoms. The lowest BCUT2D eigenvalue weighted by Gasteiger charge is -2.43. The molecule has 2 aliphatic rings. The molecule has 2 rings (SSSR count). The van der Waals surface area contributed by atoms with Crippen LogP contribution in [0.3, 0.4) is 0 Å². The minimum atomic E-state index is -0.363. The van der Waals surface area contributed by atoms with E-state index in [-0.39, 0.29) is 17.3 Å². The van der Waals surface area contributed by atoms with E-state index in [1.54, 1.807) is 0 Å². The van der Waals surface area contributed by atoms with Gasteiger partial charge in [0.1, 0.15) is 0 Å². The van der Waals surface area contributed by atoms with Crippen LogP contribution < -0.4 is 0 Å². The highest BCUT2D eigenvalue weighted by atomic mass is 16.3. The number of ketones is 1. The van der Waals surface area contributed by atoms with Gasteiger partial charge in [0, 0.05) is 6.42 Å². The van der Waals surface area contributed by atoms with E-state index >= 15 is 0 Å². The average Bonchev–Trinajstić information content (AvgIpc) is 2.12. The number of aliphatic hydroxyl groups is 1. The molecule has 2 aliphatic carbocycles. The van der Waals surface area contributed by atoms with Crippen LogP contribution in [0.1, 0.15) is 46.0 Å². The van der Waals surface area contributed by atoms with Crippen LogP contribution in [-0.2, 0) is 4.79 Å². The van der Waals surface area contributed by atoms with Crippen molar-refractivity contribution in [2.45, 2.75) is 52.1 Å². The van der Waals surface area contributed by atoms with Gasteiger partial charge in [-0.25, -0.2) is 0 Å². The van der Waals surface area contributed by atoms with Crippen molar-refractivity contribution in [1.82, 2.24) is 0 Å². The highest BCUT2D eigenvalue weighted by molar-refractivity contribution is 5.97. The first-order valence-corrected chi connectivity index (χ1v) is 5.47. The minimum absolute atomic E-state index is 0.107. The first-order valence-electron chi connectivity index (χ1n) is 5.47. The van der Waals surface area contributed by atoms with Crippen molar-refractivity contribution in [2.75, 3.05) is 0 Å². The number of fused-ring (bicyclic) bond motifs is 1. The van der Waals surface area contributed by atoms with Crippen molar-refractivity contribution < 1.29 is 9.90 Å². The van der Waals surface area contributed by atoms with Crippen molar-refractivity contribution in [3.05, 3.63) is 11.1 Å². The van der Waals surface area contributed by atoms with Crippen LogP contribution in [0, 0.1) is 5.41 Å². The molecule has 0 aromatic carbocycles. The van der Waals surface area contributed by atoms with E-state index in [1.165, 1.54) is 0 Å². The second kappa shape index (κ2) is 3.20. The molecule has 1 N–H and O–H groups in total. The van der Waals surface area contributed by atoms with Gasteiger partial charge in [-0.15, -0.1) is 0 Å². The van der Waals surface area contributed by atoms with Crippen LogP contribution >= 0.6 is 0 Å². The summed E-state index contributed by atoms with van der Waals surface area (Å²) in [6, 6.07) is 0. The molecular weight excluding hydrogens is 176 g/mol. The molecule has 2 heteroatoms. The summed E-state index contributed by atoms with van der Waals surface area (Å²) in [6.45, 7) is 4.07. The van der Waals surface area contributed by atoms with Gasteiger partial charge in [-0.05, 0) is 49.2 Å². The molecule has 2 nitrogen and oxygen atoms in total. The molecule has 1 fully saturated rings. The van der Waals surface area contributed by atoms with E-state index in [0.717, 1.165) is 36.8 Å². The van der Waals surface area contributed by atoms with Crippen LogP contribution in [-0.4, -0.2) is 17.0 Å². The van der Waals surface area contributed by atoms with Crippen molar-refractivity contribution >= 4 is 5.78 Å². The number of Topliss-reactive ketones (excluding diaryl/α,β-unsaturated/α-hetero) is 1. The van der Waals surface area contributed by atoms with Gasteiger partial charge in [0.15, 0.2) is 5.78 Å².